The summed E-state index contributed by atoms with van der Waals surface area (Å²) in [5.74, 6) is 1.81. The Kier molecular flexibility index (Phi) is 4.09. The third-order valence-corrected chi connectivity index (χ3v) is 7.79. The predicted molar refractivity (Wildman–Crippen MR) is 104 cm³/mol. The van der Waals surface area contributed by atoms with E-state index >= 15 is 0 Å². The largest absolute Gasteiger partial charge is 0.340 e. The van der Waals surface area contributed by atoms with Crippen LogP contribution in [0.1, 0.15) is 44.1 Å². The second-order valence-corrected chi connectivity index (χ2v) is 10.2. The van der Waals surface area contributed by atoms with Gasteiger partial charge in [0.15, 0.2) is 0 Å². The highest BCUT2D eigenvalue weighted by Gasteiger charge is 2.60. The van der Waals surface area contributed by atoms with Gasteiger partial charge in [0.1, 0.15) is 0 Å². The molecular weight excluding hydrogens is 344 g/mol. The van der Waals surface area contributed by atoms with Crippen molar-refractivity contribution in [1.29, 1.82) is 0 Å². The normalized spacial score (nSPS) is 39.3. The lowest BCUT2D eigenvalue weighted by Gasteiger charge is -2.60. The van der Waals surface area contributed by atoms with Crippen LogP contribution >= 0.6 is 11.6 Å². The third kappa shape index (κ3) is 2.97. The van der Waals surface area contributed by atoms with Gasteiger partial charge in [-0.05, 0) is 55.9 Å². The first-order chi connectivity index (χ1) is 12.5. The molecule has 4 saturated carbocycles. The summed E-state index contributed by atoms with van der Waals surface area (Å²) in [4.78, 5) is 18.1. The van der Waals surface area contributed by atoms with Gasteiger partial charge in [0.2, 0.25) is 5.91 Å². The molecular formula is C22H29ClN2O. The van der Waals surface area contributed by atoms with Crippen LogP contribution < -0.4 is 0 Å². The summed E-state index contributed by atoms with van der Waals surface area (Å²) in [6.07, 6.45) is 6.73. The van der Waals surface area contributed by atoms with Crippen LogP contribution in [0, 0.1) is 17.3 Å². The minimum Gasteiger partial charge on any atom is -0.340 e. The summed E-state index contributed by atoms with van der Waals surface area (Å²) in [6, 6.07) is 10.6. The van der Waals surface area contributed by atoms with E-state index in [0.717, 1.165) is 64.8 Å². The highest BCUT2D eigenvalue weighted by atomic mass is 35.5. The van der Waals surface area contributed by atoms with Crippen LogP contribution in [0.5, 0.6) is 0 Å². The van der Waals surface area contributed by atoms with Crippen LogP contribution in [0.4, 0.5) is 0 Å². The number of hydrogen-bond acceptors (Lipinski definition) is 2. The van der Waals surface area contributed by atoms with Crippen LogP contribution in [0.3, 0.4) is 0 Å². The molecule has 5 aliphatic rings. The highest BCUT2D eigenvalue weighted by Crippen LogP contribution is 2.64. The van der Waals surface area contributed by atoms with E-state index in [-0.39, 0.29) is 10.3 Å². The Bertz CT molecular complexity index is 669. The number of hydrogen-bond donors (Lipinski definition) is 0. The van der Waals surface area contributed by atoms with Crippen molar-refractivity contribution in [3.8, 4) is 0 Å². The number of rotatable bonds is 3. The molecule has 1 aromatic carbocycles. The van der Waals surface area contributed by atoms with Crippen LogP contribution in [0.25, 0.3) is 0 Å². The van der Waals surface area contributed by atoms with E-state index in [0.29, 0.717) is 17.7 Å². The standard InChI is InChI=1S/C22H29ClN2O/c23-22-13-18-10-19(14-22)12-21(11-18,16-22)20(26)25-8-6-24(7-9-25)15-17-4-2-1-3-5-17/h1-5,18-19H,6-16H2. The summed E-state index contributed by atoms with van der Waals surface area (Å²) in [5, 5.41) is 0. The number of carbonyl (C=O) groups excluding carboxylic acids is 1. The molecule has 0 N–H and O–H groups in total. The zero-order valence-corrected chi connectivity index (χ0v) is 16.3. The Labute approximate surface area is 161 Å². The first kappa shape index (κ1) is 17.1. The van der Waals surface area contributed by atoms with Gasteiger partial charge in [-0.3, -0.25) is 9.69 Å². The average molecular weight is 373 g/mol. The fourth-order valence-electron chi connectivity index (χ4n) is 6.69. The number of alkyl halides is 1. The van der Waals surface area contributed by atoms with E-state index in [9.17, 15) is 4.79 Å². The quantitative estimate of drug-likeness (QED) is 0.751. The van der Waals surface area contributed by atoms with Gasteiger partial charge < -0.3 is 4.90 Å². The molecule has 4 aliphatic carbocycles. The van der Waals surface area contributed by atoms with Gasteiger partial charge >= 0.3 is 0 Å². The zero-order valence-electron chi connectivity index (χ0n) is 15.5. The van der Waals surface area contributed by atoms with Crippen molar-refractivity contribution >= 4 is 17.5 Å². The highest BCUT2D eigenvalue weighted by molar-refractivity contribution is 6.24. The van der Waals surface area contributed by atoms with Gasteiger partial charge in [0, 0.05) is 37.6 Å². The number of carbonyl (C=O) groups is 1. The Hall–Kier alpha value is -1.06. The van der Waals surface area contributed by atoms with Crippen molar-refractivity contribution in [3.05, 3.63) is 35.9 Å². The van der Waals surface area contributed by atoms with Gasteiger partial charge in [-0.15, -0.1) is 11.6 Å². The van der Waals surface area contributed by atoms with Crippen molar-refractivity contribution < 1.29 is 4.79 Å². The van der Waals surface area contributed by atoms with Crippen LogP contribution in [0.2, 0.25) is 0 Å². The summed E-state index contributed by atoms with van der Waals surface area (Å²) < 4.78 is 0. The fourth-order valence-corrected chi connectivity index (χ4v) is 7.38. The molecule has 1 heterocycles. The summed E-state index contributed by atoms with van der Waals surface area (Å²) in [7, 11) is 0. The summed E-state index contributed by atoms with van der Waals surface area (Å²) in [5.41, 5.74) is 1.23. The van der Waals surface area contributed by atoms with E-state index in [2.05, 4.69) is 40.1 Å². The van der Waals surface area contributed by atoms with Crippen molar-refractivity contribution in [2.24, 2.45) is 17.3 Å². The first-order valence-electron chi connectivity index (χ1n) is 10.3. The minimum absolute atomic E-state index is 0.0745. The molecule has 1 saturated heterocycles. The number of nitrogens with zero attached hydrogens (tertiary/aromatic N) is 2. The number of halogens is 1. The maximum absolute atomic E-state index is 13.5. The molecule has 2 atom stereocenters. The molecule has 0 radical (unpaired) electrons. The first-order valence-corrected chi connectivity index (χ1v) is 10.7. The Morgan fingerprint density at radius 1 is 1.00 bits per heavy atom. The zero-order chi connectivity index (χ0) is 17.8. The molecule has 3 nitrogen and oxygen atoms in total. The van der Waals surface area contributed by atoms with Gasteiger partial charge in [0.25, 0.3) is 0 Å². The molecule has 2 unspecified atom stereocenters. The second-order valence-electron chi connectivity index (χ2n) is 9.45. The monoisotopic (exact) mass is 372 g/mol. The molecule has 0 spiro atoms. The van der Waals surface area contributed by atoms with Crippen LogP contribution in [0.15, 0.2) is 30.3 Å². The third-order valence-electron chi connectivity index (χ3n) is 7.35. The van der Waals surface area contributed by atoms with Crippen molar-refractivity contribution in [2.75, 3.05) is 26.2 Å². The van der Waals surface area contributed by atoms with Gasteiger partial charge in [0.05, 0.1) is 5.41 Å². The van der Waals surface area contributed by atoms with E-state index in [1.165, 1.54) is 12.0 Å². The molecule has 6 rings (SSSR count). The Morgan fingerprint density at radius 2 is 1.65 bits per heavy atom. The van der Waals surface area contributed by atoms with E-state index < -0.39 is 0 Å². The van der Waals surface area contributed by atoms with Gasteiger partial charge in [-0.2, -0.15) is 0 Å². The molecule has 26 heavy (non-hydrogen) atoms. The predicted octanol–water partition coefficient (Wildman–Crippen LogP) is 3.91. The Balaban J connectivity index is 1.24. The molecule has 4 heteroatoms. The lowest BCUT2D eigenvalue weighted by Crippen LogP contribution is -2.61. The van der Waals surface area contributed by atoms with Gasteiger partial charge in [-0.1, -0.05) is 30.3 Å². The minimum atomic E-state index is -0.132. The molecule has 1 aromatic rings. The van der Waals surface area contributed by atoms with Gasteiger partial charge in [-0.25, -0.2) is 0 Å². The lowest BCUT2D eigenvalue weighted by molar-refractivity contribution is -0.157. The van der Waals surface area contributed by atoms with Crippen LogP contribution in [-0.2, 0) is 11.3 Å². The summed E-state index contributed by atoms with van der Waals surface area (Å²) >= 11 is 6.94. The van der Waals surface area contributed by atoms with E-state index in [1.54, 1.807) is 0 Å². The maximum atomic E-state index is 13.5. The number of amides is 1. The topological polar surface area (TPSA) is 23.6 Å². The van der Waals surface area contributed by atoms with Crippen molar-refractivity contribution in [1.82, 2.24) is 9.80 Å². The van der Waals surface area contributed by atoms with E-state index in [4.69, 9.17) is 11.6 Å². The van der Waals surface area contributed by atoms with Crippen molar-refractivity contribution in [2.45, 2.75) is 49.9 Å². The lowest BCUT2D eigenvalue weighted by atomic mass is 9.49. The van der Waals surface area contributed by atoms with Crippen LogP contribution in [-0.4, -0.2) is 46.8 Å². The molecule has 1 aliphatic heterocycles. The number of piperazine rings is 1. The molecule has 1 amide bonds. The fraction of sp³-hybridized carbons (Fsp3) is 0.682. The van der Waals surface area contributed by atoms with Crippen molar-refractivity contribution in [3.63, 3.8) is 0 Å². The Morgan fingerprint density at radius 3 is 2.27 bits per heavy atom. The molecule has 5 fully saturated rings. The van der Waals surface area contributed by atoms with E-state index in [1.807, 2.05) is 0 Å². The molecule has 140 valence electrons. The molecule has 0 aromatic heterocycles. The average Bonchev–Trinajstić information content (AvgIpc) is 2.60. The molecule has 4 bridgehead atoms. The maximum Gasteiger partial charge on any atom is 0.228 e. The smallest absolute Gasteiger partial charge is 0.228 e. The summed E-state index contributed by atoms with van der Waals surface area (Å²) in [6.45, 7) is 4.70. The number of benzene rings is 1. The second kappa shape index (κ2) is 6.24. The SMILES string of the molecule is O=C(N1CCN(Cc2ccccc2)CC1)C12CC3CC(CC(Cl)(C3)C1)C2.